The number of carbonyl (C=O) groups is 1. The molecule has 1 aromatic rings. The topological polar surface area (TPSA) is 65.9 Å². The first kappa shape index (κ1) is 18.3. The molecule has 2 heterocycles. The van der Waals surface area contributed by atoms with Crippen LogP contribution in [0.25, 0.3) is 0 Å². The van der Waals surface area contributed by atoms with Crippen molar-refractivity contribution in [3.05, 3.63) is 15.8 Å². The van der Waals surface area contributed by atoms with E-state index in [4.69, 9.17) is 4.74 Å². The maximum absolute atomic E-state index is 12.2. The van der Waals surface area contributed by atoms with Crippen LogP contribution >= 0.6 is 22.6 Å². The lowest BCUT2D eigenvalue weighted by molar-refractivity contribution is 0.0589. The number of aliphatic hydroxyl groups is 1. The third-order valence-electron chi connectivity index (χ3n) is 3.73. The minimum atomic E-state index is -0.534. The molecule has 0 aromatic carbocycles. The second-order valence-corrected chi connectivity index (χ2v) is 7.87. The molecular weight excluding hydrogens is 409 g/mol. The summed E-state index contributed by atoms with van der Waals surface area (Å²) in [4.78, 5) is 20.3. The molecule has 1 aromatic heterocycles. The summed E-state index contributed by atoms with van der Waals surface area (Å²) >= 11 is 2.20. The molecule has 0 spiro atoms. The standard InChI is InChI=1S/C16H24IN3O3/c1-16(2,3)23-15(22)19(4)13-9-18-14(8-12(13)17)20-7-5-6-11(20)10-21/h8-9,11,21H,5-7,10H2,1-4H3/t11-/m0/s1. The van der Waals surface area contributed by atoms with Gasteiger partial charge in [0.15, 0.2) is 0 Å². The maximum atomic E-state index is 12.2. The lowest BCUT2D eigenvalue weighted by atomic mass is 10.2. The van der Waals surface area contributed by atoms with Crippen LogP contribution in [0.5, 0.6) is 0 Å². The monoisotopic (exact) mass is 433 g/mol. The molecule has 1 amide bonds. The average Bonchev–Trinajstić information content (AvgIpc) is 2.93. The first-order valence-electron chi connectivity index (χ1n) is 7.72. The fourth-order valence-corrected chi connectivity index (χ4v) is 3.35. The third kappa shape index (κ3) is 4.47. The molecule has 0 aliphatic carbocycles. The van der Waals surface area contributed by atoms with Crippen LogP contribution < -0.4 is 9.80 Å². The van der Waals surface area contributed by atoms with Gasteiger partial charge >= 0.3 is 6.09 Å². The third-order valence-corrected chi connectivity index (χ3v) is 4.59. The molecule has 0 radical (unpaired) electrons. The Balaban J connectivity index is 2.17. The van der Waals surface area contributed by atoms with Crippen molar-refractivity contribution in [1.82, 2.24) is 4.98 Å². The Hall–Kier alpha value is -1.09. The smallest absolute Gasteiger partial charge is 0.414 e. The molecule has 0 bridgehead atoms. The van der Waals surface area contributed by atoms with Gasteiger partial charge in [0.25, 0.3) is 0 Å². The van der Waals surface area contributed by atoms with Crippen molar-refractivity contribution in [2.45, 2.75) is 45.3 Å². The van der Waals surface area contributed by atoms with Gasteiger partial charge in [-0.25, -0.2) is 9.78 Å². The van der Waals surface area contributed by atoms with Gasteiger partial charge in [0.1, 0.15) is 11.4 Å². The Morgan fingerprint density at radius 2 is 2.26 bits per heavy atom. The largest absolute Gasteiger partial charge is 0.443 e. The Bertz CT molecular complexity index is 574. The number of ether oxygens (including phenoxy) is 1. The summed E-state index contributed by atoms with van der Waals surface area (Å²) < 4.78 is 6.31. The normalized spacial score (nSPS) is 18.2. The van der Waals surface area contributed by atoms with E-state index in [-0.39, 0.29) is 12.6 Å². The Kier molecular flexibility index (Phi) is 5.72. The summed E-state index contributed by atoms with van der Waals surface area (Å²) in [5.74, 6) is 0.840. The number of rotatable bonds is 3. The first-order chi connectivity index (χ1) is 10.7. The number of pyridine rings is 1. The predicted octanol–water partition coefficient (Wildman–Crippen LogP) is 3.02. The van der Waals surface area contributed by atoms with Gasteiger partial charge in [-0.3, -0.25) is 4.90 Å². The van der Waals surface area contributed by atoms with E-state index in [0.29, 0.717) is 5.69 Å². The summed E-state index contributed by atoms with van der Waals surface area (Å²) in [5.41, 5.74) is 0.178. The van der Waals surface area contributed by atoms with E-state index in [2.05, 4.69) is 32.5 Å². The van der Waals surface area contributed by atoms with Crippen LogP contribution in [0.1, 0.15) is 33.6 Å². The van der Waals surface area contributed by atoms with Gasteiger partial charge in [-0.2, -0.15) is 0 Å². The number of amides is 1. The quantitative estimate of drug-likeness (QED) is 0.743. The van der Waals surface area contributed by atoms with Gasteiger partial charge in [-0.1, -0.05) is 0 Å². The molecule has 0 unspecified atom stereocenters. The van der Waals surface area contributed by atoms with Gasteiger partial charge in [0, 0.05) is 17.2 Å². The van der Waals surface area contributed by atoms with Crippen LogP contribution in [0.3, 0.4) is 0 Å². The van der Waals surface area contributed by atoms with Crippen molar-refractivity contribution < 1.29 is 14.6 Å². The minimum absolute atomic E-state index is 0.132. The summed E-state index contributed by atoms with van der Waals surface area (Å²) in [6.45, 7) is 6.56. The fraction of sp³-hybridized carbons (Fsp3) is 0.625. The molecule has 7 heteroatoms. The zero-order valence-corrected chi connectivity index (χ0v) is 16.2. The van der Waals surface area contributed by atoms with Crippen molar-refractivity contribution in [2.75, 3.05) is 30.0 Å². The lowest BCUT2D eigenvalue weighted by Crippen LogP contribution is -2.35. The van der Waals surface area contributed by atoms with E-state index >= 15 is 0 Å². The van der Waals surface area contributed by atoms with E-state index in [9.17, 15) is 9.90 Å². The number of aromatic nitrogens is 1. The molecule has 1 N–H and O–H groups in total. The van der Waals surface area contributed by atoms with E-state index in [1.165, 1.54) is 4.90 Å². The van der Waals surface area contributed by atoms with Gasteiger partial charge < -0.3 is 14.7 Å². The molecule has 6 nitrogen and oxygen atoms in total. The van der Waals surface area contributed by atoms with Crippen LogP contribution in [-0.4, -0.2) is 48.0 Å². The van der Waals surface area contributed by atoms with Crippen molar-refractivity contribution in [2.24, 2.45) is 0 Å². The Labute approximate surface area is 151 Å². The van der Waals surface area contributed by atoms with Gasteiger partial charge in [-0.15, -0.1) is 0 Å². The minimum Gasteiger partial charge on any atom is -0.443 e. The highest BCUT2D eigenvalue weighted by Gasteiger charge is 2.26. The summed E-state index contributed by atoms with van der Waals surface area (Å²) in [6, 6.07) is 2.08. The van der Waals surface area contributed by atoms with Crippen molar-refractivity contribution in [1.29, 1.82) is 0 Å². The van der Waals surface area contributed by atoms with E-state index in [1.54, 1.807) is 13.2 Å². The molecule has 1 atom stereocenters. The molecule has 128 valence electrons. The maximum Gasteiger partial charge on any atom is 0.414 e. The molecule has 1 aliphatic heterocycles. The average molecular weight is 433 g/mol. The molecule has 0 saturated carbocycles. The highest BCUT2D eigenvalue weighted by Crippen LogP contribution is 2.29. The van der Waals surface area contributed by atoms with Gasteiger partial charge in [-0.05, 0) is 62.3 Å². The highest BCUT2D eigenvalue weighted by molar-refractivity contribution is 14.1. The predicted molar refractivity (Wildman–Crippen MR) is 99.0 cm³/mol. The first-order valence-corrected chi connectivity index (χ1v) is 8.80. The van der Waals surface area contributed by atoms with Crippen LogP contribution in [-0.2, 0) is 4.74 Å². The summed E-state index contributed by atoms with van der Waals surface area (Å²) in [5, 5.41) is 9.45. The number of carbonyl (C=O) groups excluding carboxylic acids is 1. The molecule has 23 heavy (non-hydrogen) atoms. The van der Waals surface area contributed by atoms with E-state index in [1.807, 2.05) is 26.8 Å². The van der Waals surface area contributed by atoms with Gasteiger partial charge in [0.2, 0.25) is 0 Å². The summed E-state index contributed by atoms with van der Waals surface area (Å²) in [6.07, 6.45) is 3.32. The Morgan fingerprint density at radius 3 is 2.83 bits per heavy atom. The number of nitrogens with zero attached hydrogens (tertiary/aromatic N) is 3. The Morgan fingerprint density at radius 1 is 1.57 bits per heavy atom. The number of halogens is 1. The highest BCUT2D eigenvalue weighted by atomic mass is 127. The van der Waals surface area contributed by atoms with Crippen LogP contribution in [0.4, 0.5) is 16.3 Å². The van der Waals surface area contributed by atoms with Crippen molar-refractivity contribution >= 4 is 40.2 Å². The molecular formula is C16H24IN3O3. The number of hydrogen-bond acceptors (Lipinski definition) is 5. The number of hydrogen-bond donors (Lipinski definition) is 1. The molecule has 2 rings (SSSR count). The second-order valence-electron chi connectivity index (χ2n) is 6.71. The zero-order valence-electron chi connectivity index (χ0n) is 14.0. The number of aliphatic hydroxyl groups excluding tert-OH is 1. The zero-order chi connectivity index (χ0) is 17.2. The number of anilines is 2. The summed E-state index contributed by atoms with van der Waals surface area (Å²) in [7, 11) is 1.68. The second kappa shape index (κ2) is 7.21. The van der Waals surface area contributed by atoms with Crippen LogP contribution in [0, 0.1) is 3.57 Å². The van der Waals surface area contributed by atoms with Crippen molar-refractivity contribution in [3.63, 3.8) is 0 Å². The molecule has 1 aliphatic rings. The fourth-order valence-electron chi connectivity index (χ4n) is 2.57. The van der Waals surface area contributed by atoms with Crippen molar-refractivity contribution in [3.8, 4) is 0 Å². The van der Waals surface area contributed by atoms with E-state index < -0.39 is 11.7 Å². The SMILES string of the molecule is CN(C(=O)OC(C)(C)C)c1cnc(N2CCC[C@H]2CO)cc1I. The van der Waals surface area contributed by atoms with Gasteiger partial charge in [0.05, 0.1) is 24.5 Å². The lowest BCUT2D eigenvalue weighted by Gasteiger charge is -2.27. The van der Waals surface area contributed by atoms with E-state index in [0.717, 1.165) is 28.8 Å². The molecule has 1 saturated heterocycles. The van der Waals surface area contributed by atoms with Crippen LogP contribution in [0.15, 0.2) is 12.3 Å². The van der Waals surface area contributed by atoms with Crippen LogP contribution in [0.2, 0.25) is 0 Å². The molecule has 1 fully saturated rings.